The molecule has 2 aromatic rings. The number of aromatic nitrogens is 3. The van der Waals surface area contributed by atoms with Crippen molar-refractivity contribution in [3.63, 3.8) is 0 Å². The van der Waals surface area contributed by atoms with E-state index in [2.05, 4.69) is 35.3 Å². The van der Waals surface area contributed by atoms with E-state index in [1.165, 1.54) is 10.6 Å². The van der Waals surface area contributed by atoms with Crippen LogP contribution in [0.2, 0.25) is 0 Å². The minimum absolute atomic E-state index is 0.184. The van der Waals surface area contributed by atoms with Crippen LogP contribution in [-0.2, 0) is 6.54 Å². The van der Waals surface area contributed by atoms with Crippen molar-refractivity contribution in [2.45, 2.75) is 33.4 Å². The highest BCUT2D eigenvalue weighted by atomic mass is 32.1. The molecule has 0 spiro atoms. The molecule has 1 unspecified atom stereocenters. The van der Waals surface area contributed by atoms with Crippen molar-refractivity contribution in [1.82, 2.24) is 20.1 Å². The number of hydrogen-bond donors (Lipinski definition) is 1. The Morgan fingerprint density at radius 3 is 2.76 bits per heavy atom. The van der Waals surface area contributed by atoms with Crippen molar-refractivity contribution in [1.29, 1.82) is 0 Å². The summed E-state index contributed by atoms with van der Waals surface area (Å²) >= 11 is 1.75. The van der Waals surface area contributed by atoms with Crippen molar-refractivity contribution in [2.75, 3.05) is 7.05 Å². The molecule has 2 rings (SSSR count). The summed E-state index contributed by atoms with van der Waals surface area (Å²) in [4.78, 5) is 5.77. The van der Waals surface area contributed by atoms with Crippen molar-refractivity contribution < 1.29 is 0 Å². The number of nitrogens with one attached hydrogen (secondary N) is 1. The first kappa shape index (κ1) is 12.3. The molecule has 1 N–H and O–H groups in total. The maximum Gasteiger partial charge on any atom is 0.0900 e. The summed E-state index contributed by atoms with van der Waals surface area (Å²) in [6.07, 6.45) is 1.85. The van der Waals surface area contributed by atoms with Crippen LogP contribution < -0.4 is 5.32 Å². The molecular weight excluding hydrogens is 232 g/mol. The molecule has 4 nitrogen and oxygen atoms in total. The molecule has 0 aromatic carbocycles. The lowest BCUT2D eigenvalue weighted by Crippen LogP contribution is -2.21. The third kappa shape index (κ3) is 2.25. The summed E-state index contributed by atoms with van der Waals surface area (Å²) in [5, 5.41) is 8.80. The lowest BCUT2D eigenvalue weighted by Gasteiger charge is -2.16. The van der Waals surface area contributed by atoms with Gasteiger partial charge < -0.3 is 5.32 Å². The van der Waals surface area contributed by atoms with Gasteiger partial charge in [0.1, 0.15) is 0 Å². The van der Waals surface area contributed by atoms with E-state index < -0.39 is 0 Å². The van der Waals surface area contributed by atoms with E-state index in [4.69, 9.17) is 0 Å². The monoisotopic (exact) mass is 250 g/mol. The molecule has 92 valence electrons. The molecule has 17 heavy (non-hydrogen) atoms. The van der Waals surface area contributed by atoms with Crippen LogP contribution in [0.3, 0.4) is 0 Å². The third-order valence-electron chi connectivity index (χ3n) is 2.83. The van der Waals surface area contributed by atoms with Gasteiger partial charge in [-0.05, 0) is 33.9 Å². The summed E-state index contributed by atoms with van der Waals surface area (Å²) in [5.74, 6) is 0. The zero-order valence-electron chi connectivity index (χ0n) is 10.7. The number of rotatable bonds is 4. The number of thiazole rings is 1. The molecule has 0 bridgehead atoms. The Bertz CT molecular complexity index is 500. The van der Waals surface area contributed by atoms with Crippen molar-refractivity contribution in [2.24, 2.45) is 0 Å². The Balaban J connectivity index is 2.43. The van der Waals surface area contributed by atoms with Gasteiger partial charge in [0.25, 0.3) is 0 Å². The molecule has 0 radical (unpaired) electrons. The Labute approximate surface area is 106 Å². The minimum atomic E-state index is 0.184. The maximum absolute atomic E-state index is 4.49. The van der Waals surface area contributed by atoms with Crippen molar-refractivity contribution >= 4 is 11.3 Å². The highest BCUT2D eigenvalue weighted by Crippen LogP contribution is 2.29. The molecular formula is C12H18N4S. The van der Waals surface area contributed by atoms with E-state index in [0.29, 0.717) is 0 Å². The summed E-state index contributed by atoms with van der Waals surface area (Å²) in [6.45, 7) is 7.10. The van der Waals surface area contributed by atoms with Gasteiger partial charge in [0.2, 0.25) is 0 Å². The van der Waals surface area contributed by atoms with Gasteiger partial charge in [-0.1, -0.05) is 0 Å². The smallest absolute Gasteiger partial charge is 0.0900 e. The Morgan fingerprint density at radius 1 is 1.47 bits per heavy atom. The molecule has 0 aliphatic heterocycles. The predicted octanol–water partition coefficient (Wildman–Crippen LogP) is 2.29. The van der Waals surface area contributed by atoms with E-state index in [1.807, 2.05) is 24.9 Å². The zero-order valence-corrected chi connectivity index (χ0v) is 11.5. The first-order valence-corrected chi connectivity index (χ1v) is 6.62. The fraction of sp³-hybridized carbons (Fsp3) is 0.500. The average Bonchev–Trinajstić information content (AvgIpc) is 2.88. The number of hydrogen-bond acceptors (Lipinski definition) is 4. The molecule has 0 aliphatic rings. The second-order valence-corrected chi connectivity index (χ2v) is 5.21. The Hall–Kier alpha value is -1.20. The summed E-state index contributed by atoms with van der Waals surface area (Å²) in [5.41, 5.74) is 2.30. The molecule has 0 amide bonds. The SMILES string of the molecule is CCn1nccc1C(NC)c1sc(C)nc1C. The second-order valence-electron chi connectivity index (χ2n) is 3.98. The molecule has 0 aliphatic carbocycles. The van der Waals surface area contributed by atoms with Gasteiger partial charge in [0.15, 0.2) is 0 Å². The third-order valence-corrected chi connectivity index (χ3v) is 3.97. The van der Waals surface area contributed by atoms with Gasteiger partial charge in [0, 0.05) is 12.7 Å². The highest BCUT2D eigenvalue weighted by Gasteiger charge is 2.20. The fourth-order valence-corrected chi connectivity index (χ4v) is 3.13. The van der Waals surface area contributed by atoms with E-state index in [1.54, 1.807) is 11.3 Å². The van der Waals surface area contributed by atoms with Crippen LogP contribution in [0.1, 0.15) is 34.2 Å². The molecule has 1 atom stereocenters. The lowest BCUT2D eigenvalue weighted by molar-refractivity contribution is 0.566. The standard InChI is InChI=1S/C12H18N4S/c1-5-16-10(6-7-14-16)11(13-4)12-8(2)15-9(3)17-12/h6-7,11,13H,5H2,1-4H3. The number of nitrogens with zero attached hydrogens (tertiary/aromatic N) is 3. The van der Waals surface area contributed by atoms with Crippen LogP contribution in [0.4, 0.5) is 0 Å². The molecule has 0 saturated carbocycles. The maximum atomic E-state index is 4.49. The first-order chi connectivity index (χ1) is 8.17. The van der Waals surface area contributed by atoms with Crippen molar-refractivity contribution in [3.8, 4) is 0 Å². The average molecular weight is 250 g/mol. The van der Waals surface area contributed by atoms with Gasteiger partial charge >= 0.3 is 0 Å². The van der Waals surface area contributed by atoms with E-state index in [0.717, 1.165) is 17.2 Å². The quantitative estimate of drug-likeness (QED) is 0.905. The van der Waals surface area contributed by atoms with E-state index >= 15 is 0 Å². The lowest BCUT2D eigenvalue weighted by atomic mass is 10.1. The largest absolute Gasteiger partial charge is 0.307 e. The van der Waals surface area contributed by atoms with Gasteiger partial charge in [-0.2, -0.15) is 5.10 Å². The molecule has 0 fully saturated rings. The molecule has 2 heterocycles. The molecule has 0 saturated heterocycles. The predicted molar refractivity (Wildman–Crippen MR) is 70.4 cm³/mol. The minimum Gasteiger partial charge on any atom is -0.307 e. The van der Waals surface area contributed by atoms with Crippen LogP contribution in [0.5, 0.6) is 0 Å². The zero-order chi connectivity index (χ0) is 12.4. The fourth-order valence-electron chi connectivity index (χ4n) is 2.08. The van der Waals surface area contributed by atoms with E-state index in [-0.39, 0.29) is 6.04 Å². The van der Waals surface area contributed by atoms with Crippen LogP contribution in [-0.4, -0.2) is 21.8 Å². The van der Waals surface area contributed by atoms with Gasteiger partial charge in [-0.15, -0.1) is 11.3 Å². The van der Waals surface area contributed by atoms with Crippen molar-refractivity contribution in [3.05, 3.63) is 33.5 Å². The van der Waals surface area contributed by atoms with Gasteiger partial charge in [-0.3, -0.25) is 4.68 Å². The first-order valence-electron chi connectivity index (χ1n) is 5.80. The Morgan fingerprint density at radius 2 is 2.24 bits per heavy atom. The van der Waals surface area contributed by atoms with Crippen LogP contribution in [0.25, 0.3) is 0 Å². The van der Waals surface area contributed by atoms with E-state index in [9.17, 15) is 0 Å². The normalized spacial score (nSPS) is 12.9. The Kier molecular flexibility index (Phi) is 3.59. The summed E-state index contributed by atoms with van der Waals surface area (Å²) < 4.78 is 2.02. The van der Waals surface area contributed by atoms with Gasteiger partial charge in [0.05, 0.1) is 27.3 Å². The van der Waals surface area contributed by atoms with Crippen LogP contribution >= 0.6 is 11.3 Å². The highest BCUT2D eigenvalue weighted by molar-refractivity contribution is 7.11. The van der Waals surface area contributed by atoms with Gasteiger partial charge in [-0.25, -0.2) is 4.98 Å². The van der Waals surface area contributed by atoms with Crippen LogP contribution in [0.15, 0.2) is 12.3 Å². The molecule has 5 heteroatoms. The second kappa shape index (κ2) is 4.98. The number of aryl methyl sites for hydroxylation is 3. The topological polar surface area (TPSA) is 42.7 Å². The van der Waals surface area contributed by atoms with Crippen LogP contribution in [0, 0.1) is 13.8 Å². The summed E-state index contributed by atoms with van der Waals surface area (Å²) in [6, 6.07) is 2.25. The summed E-state index contributed by atoms with van der Waals surface area (Å²) in [7, 11) is 1.98. The molecule has 2 aromatic heterocycles.